The maximum absolute atomic E-state index is 13.3. The summed E-state index contributed by atoms with van der Waals surface area (Å²) in [6, 6.07) is 7.82. The molecule has 1 N–H and O–H groups in total. The van der Waals surface area contributed by atoms with Gasteiger partial charge in [-0.3, -0.25) is 4.79 Å². The van der Waals surface area contributed by atoms with Crippen molar-refractivity contribution < 1.29 is 9.90 Å². The Bertz CT molecular complexity index is 532. The van der Waals surface area contributed by atoms with Gasteiger partial charge in [-0.2, -0.15) is 0 Å². The van der Waals surface area contributed by atoms with E-state index in [1.807, 2.05) is 29.2 Å². The average molecular weight is 322 g/mol. The first-order valence-electron chi connectivity index (χ1n) is 8.35. The molecule has 0 atom stereocenters. The Morgan fingerprint density at radius 3 is 2.50 bits per heavy atom. The lowest BCUT2D eigenvalue weighted by Gasteiger charge is -2.42. The normalized spacial score (nSPS) is 22.5. The molecule has 0 unspecified atom stereocenters. The van der Waals surface area contributed by atoms with Gasteiger partial charge in [-0.25, -0.2) is 0 Å². The Morgan fingerprint density at radius 2 is 1.86 bits per heavy atom. The average Bonchev–Trinajstić information content (AvgIpc) is 2.55. The molecule has 1 aromatic rings. The highest BCUT2D eigenvalue weighted by Crippen LogP contribution is 2.42. The predicted molar refractivity (Wildman–Crippen MR) is 88.0 cm³/mol. The van der Waals surface area contributed by atoms with Crippen molar-refractivity contribution in [3.05, 3.63) is 34.9 Å². The minimum absolute atomic E-state index is 0.237. The van der Waals surface area contributed by atoms with Crippen LogP contribution < -0.4 is 0 Å². The Kier molecular flexibility index (Phi) is 4.74. The molecule has 1 aliphatic carbocycles. The lowest BCUT2D eigenvalue weighted by molar-refractivity contribution is -0.141. The number of aliphatic hydroxyl groups is 1. The Hall–Kier alpha value is -1.06. The number of carbonyl (C=O) groups excluding carboxylic acids is 1. The van der Waals surface area contributed by atoms with E-state index in [4.69, 9.17) is 11.6 Å². The summed E-state index contributed by atoms with van der Waals surface area (Å²) in [5, 5.41) is 10.4. The zero-order chi connectivity index (χ0) is 15.6. The summed E-state index contributed by atoms with van der Waals surface area (Å²) in [4.78, 5) is 15.3. The number of benzene rings is 1. The van der Waals surface area contributed by atoms with Crippen LogP contribution in [0.5, 0.6) is 0 Å². The van der Waals surface area contributed by atoms with Gasteiger partial charge in [0, 0.05) is 18.1 Å². The van der Waals surface area contributed by atoms with Crippen LogP contribution in [-0.4, -0.2) is 35.1 Å². The van der Waals surface area contributed by atoms with Crippen LogP contribution >= 0.6 is 11.6 Å². The molecule has 1 amide bonds. The summed E-state index contributed by atoms with van der Waals surface area (Å²) < 4.78 is 0. The molecular formula is C18H24ClNO2. The lowest BCUT2D eigenvalue weighted by atomic mass is 9.68. The number of rotatable bonds is 2. The van der Waals surface area contributed by atoms with E-state index in [0.717, 1.165) is 31.2 Å². The number of carbonyl (C=O) groups is 1. The van der Waals surface area contributed by atoms with Gasteiger partial charge in [0.1, 0.15) is 0 Å². The summed E-state index contributed by atoms with van der Waals surface area (Å²) in [6.45, 7) is 1.34. The van der Waals surface area contributed by atoms with Gasteiger partial charge < -0.3 is 10.0 Å². The predicted octanol–water partition coefficient (Wildman–Crippen LogP) is 3.53. The fraction of sp³-hybridized carbons (Fsp3) is 0.611. The molecule has 3 rings (SSSR count). The second-order valence-electron chi connectivity index (χ2n) is 6.68. The molecule has 0 spiro atoms. The third-order valence-electron chi connectivity index (χ3n) is 5.25. The van der Waals surface area contributed by atoms with Gasteiger partial charge in [-0.15, -0.1) is 0 Å². The topological polar surface area (TPSA) is 40.5 Å². The minimum atomic E-state index is -0.411. The van der Waals surface area contributed by atoms with Crippen LogP contribution in [-0.2, 0) is 10.2 Å². The number of amides is 1. The summed E-state index contributed by atoms with van der Waals surface area (Å²) in [5.74, 6) is 0.237. The van der Waals surface area contributed by atoms with E-state index in [2.05, 4.69) is 0 Å². The van der Waals surface area contributed by atoms with Gasteiger partial charge in [0.05, 0.1) is 11.5 Å². The SMILES string of the molecule is O=C(N1CCC(O)CC1)C1(c2cccc(Cl)c2)CCCCC1. The van der Waals surface area contributed by atoms with Crippen LogP contribution in [0.25, 0.3) is 0 Å². The second kappa shape index (κ2) is 6.59. The third kappa shape index (κ3) is 3.02. The second-order valence-corrected chi connectivity index (χ2v) is 7.11. The van der Waals surface area contributed by atoms with Gasteiger partial charge in [-0.05, 0) is 43.4 Å². The highest BCUT2D eigenvalue weighted by molar-refractivity contribution is 6.30. The minimum Gasteiger partial charge on any atom is -0.393 e. The molecule has 2 fully saturated rings. The van der Waals surface area contributed by atoms with Gasteiger partial charge >= 0.3 is 0 Å². The molecule has 1 saturated carbocycles. The van der Waals surface area contributed by atoms with E-state index in [9.17, 15) is 9.90 Å². The number of hydrogen-bond acceptors (Lipinski definition) is 2. The molecule has 0 bridgehead atoms. The Morgan fingerprint density at radius 1 is 1.18 bits per heavy atom. The van der Waals surface area contributed by atoms with Gasteiger partial charge in [0.25, 0.3) is 0 Å². The highest BCUT2D eigenvalue weighted by Gasteiger charge is 2.44. The van der Waals surface area contributed by atoms with E-state index < -0.39 is 5.41 Å². The van der Waals surface area contributed by atoms with Crippen molar-refractivity contribution in [2.24, 2.45) is 0 Å². The number of aliphatic hydroxyl groups excluding tert-OH is 1. The van der Waals surface area contributed by atoms with E-state index in [1.54, 1.807) is 0 Å². The first-order valence-corrected chi connectivity index (χ1v) is 8.73. The molecule has 1 aliphatic heterocycles. The number of nitrogens with zero attached hydrogens (tertiary/aromatic N) is 1. The number of likely N-dealkylation sites (tertiary alicyclic amines) is 1. The van der Waals surface area contributed by atoms with Crippen LogP contribution in [0, 0.1) is 0 Å². The molecule has 4 heteroatoms. The van der Waals surface area contributed by atoms with E-state index in [1.165, 1.54) is 6.42 Å². The summed E-state index contributed by atoms with van der Waals surface area (Å²) >= 11 is 6.18. The lowest BCUT2D eigenvalue weighted by Crippen LogP contribution is -2.51. The highest BCUT2D eigenvalue weighted by atomic mass is 35.5. The summed E-state index contributed by atoms with van der Waals surface area (Å²) in [7, 11) is 0. The number of halogens is 1. The third-order valence-corrected chi connectivity index (χ3v) is 5.48. The van der Waals surface area contributed by atoms with Crippen LogP contribution in [0.3, 0.4) is 0 Å². The first kappa shape index (κ1) is 15.8. The molecule has 0 radical (unpaired) electrons. The maximum atomic E-state index is 13.3. The van der Waals surface area contributed by atoms with Gasteiger partial charge in [0.15, 0.2) is 0 Å². The van der Waals surface area contributed by atoms with Crippen molar-refractivity contribution in [2.75, 3.05) is 13.1 Å². The Labute approximate surface area is 137 Å². The molecule has 0 aromatic heterocycles. The monoisotopic (exact) mass is 321 g/mol. The fourth-order valence-corrected chi connectivity index (χ4v) is 4.13. The molecule has 1 heterocycles. The van der Waals surface area contributed by atoms with E-state index in [-0.39, 0.29) is 12.0 Å². The van der Waals surface area contributed by atoms with Crippen molar-refractivity contribution in [1.29, 1.82) is 0 Å². The molecular weight excluding hydrogens is 298 g/mol. The van der Waals surface area contributed by atoms with Crippen LogP contribution in [0.1, 0.15) is 50.5 Å². The van der Waals surface area contributed by atoms with Crippen LogP contribution in [0.15, 0.2) is 24.3 Å². The van der Waals surface area contributed by atoms with Gasteiger partial charge in [-0.1, -0.05) is 43.0 Å². The van der Waals surface area contributed by atoms with E-state index >= 15 is 0 Å². The van der Waals surface area contributed by atoms with Crippen molar-refractivity contribution >= 4 is 17.5 Å². The smallest absolute Gasteiger partial charge is 0.233 e. The van der Waals surface area contributed by atoms with Crippen molar-refractivity contribution in [2.45, 2.75) is 56.5 Å². The number of hydrogen-bond donors (Lipinski definition) is 1. The summed E-state index contributed by atoms with van der Waals surface area (Å²) in [6.07, 6.45) is 6.33. The molecule has 3 nitrogen and oxygen atoms in total. The standard InChI is InChI=1S/C18H24ClNO2/c19-15-6-4-5-14(13-15)18(9-2-1-3-10-18)17(22)20-11-7-16(21)8-12-20/h4-6,13,16,21H,1-3,7-12H2. The number of piperidine rings is 1. The Balaban J connectivity index is 1.90. The van der Waals surface area contributed by atoms with E-state index in [0.29, 0.717) is 31.0 Å². The van der Waals surface area contributed by atoms with Crippen LogP contribution in [0.2, 0.25) is 5.02 Å². The molecule has 22 heavy (non-hydrogen) atoms. The molecule has 1 saturated heterocycles. The zero-order valence-electron chi connectivity index (χ0n) is 12.9. The largest absolute Gasteiger partial charge is 0.393 e. The molecule has 120 valence electrons. The van der Waals surface area contributed by atoms with Crippen molar-refractivity contribution in [1.82, 2.24) is 4.90 Å². The van der Waals surface area contributed by atoms with Crippen molar-refractivity contribution in [3.63, 3.8) is 0 Å². The maximum Gasteiger partial charge on any atom is 0.233 e. The first-order chi connectivity index (χ1) is 10.6. The zero-order valence-corrected chi connectivity index (χ0v) is 13.7. The molecule has 1 aromatic carbocycles. The fourth-order valence-electron chi connectivity index (χ4n) is 3.94. The molecule has 2 aliphatic rings. The quantitative estimate of drug-likeness (QED) is 0.905. The van der Waals surface area contributed by atoms with Crippen molar-refractivity contribution in [3.8, 4) is 0 Å². The van der Waals surface area contributed by atoms with Gasteiger partial charge in [0.2, 0.25) is 5.91 Å². The van der Waals surface area contributed by atoms with Crippen LogP contribution in [0.4, 0.5) is 0 Å². The summed E-state index contributed by atoms with van der Waals surface area (Å²) in [5.41, 5.74) is 0.654.